The van der Waals surface area contributed by atoms with Gasteiger partial charge in [-0.3, -0.25) is 9.59 Å². The Morgan fingerprint density at radius 1 is 1.16 bits per heavy atom. The molecule has 0 aliphatic heterocycles. The first-order chi connectivity index (χ1) is 11.7. The molecule has 0 saturated carbocycles. The lowest BCUT2D eigenvalue weighted by Crippen LogP contribution is -2.38. The van der Waals surface area contributed by atoms with E-state index in [0.717, 1.165) is 0 Å². The van der Waals surface area contributed by atoms with Crippen molar-refractivity contribution in [2.45, 2.75) is 31.7 Å². The van der Waals surface area contributed by atoms with Crippen LogP contribution in [0.1, 0.15) is 31.1 Å². The fourth-order valence-electron chi connectivity index (χ4n) is 1.70. The van der Waals surface area contributed by atoms with Crippen molar-refractivity contribution in [1.82, 2.24) is 10.2 Å². The maximum Gasteiger partial charge on any atom is 0.339 e. The second-order valence-electron chi connectivity index (χ2n) is 6.25. The maximum atomic E-state index is 12.3. The zero-order valence-corrected chi connectivity index (χ0v) is 16.2. The van der Waals surface area contributed by atoms with E-state index in [0.29, 0.717) is 16.4 Å². The van der Waals surface area contributed by atoms with Gasteiger partial charge >= 0.3 is 5.97 Å². The van der Waals surface area contributed by atoms with Gasteiger partial charge in [0.25, 0.3) is 5.91 Å². The SMILES string of the molecule is CC(C)[C@H](C)NC(=O)COC(=O)c1ccccc1SCC(=O)N(C)C. The van der Waals surface area contributed by atoms with E-state index in [1.165, 1.54) is 16.7 Å². The van der Waals surface area contributed by atoms with E-state index in [4.69, 9.17) is 4.74 Å². The quantitative estimate of drug-likeness (QED) is 0.564. The lowest BCUT2D eigenvalue weighted by molar-refractivity contribution is -0.126. The van der Waals surface area contributed by atoms with Crippen LogP contribution in [0.2, 0.25) is 0 Å². The van der Waals surface area contributed by atoms with Crippen LogP contribution in [0, 0.1) is 5.92 Å². The summed E-state index contributed by atoms with van der Waals surface area (Å²) in [6.07, 6.45) is 0. The number of benzene rings is 1. The summed E-state index contributed by atoms with van der Waals surface area (Å²) in [5.41, 5.74) is 0.351. The summed E-state index contributed by atoms with van der Waals surface area (Å²) in [5.74, 6) is -0.430. The van der Waals surface area contributed by atoms with Crippen molar-refractivity contribution >= 4 is 29.5 Å². The molecule has 0 saturated heterocycles. The highest BCUT2D eigenvalue weighted by atomic mass is 32.2. The van der Waals surface area contributed by atoms with E-state index in [9.17, 15) is 14.4 Å². The predicted molar refractivity (Wildman–Crippen MR) is 98.6 cm³/mol. The minimum Gasteiger partial charge on any atom is -0.452 e. The summed E-state index contributed by atoms with van der Waals surface area (Å²) in [6.45, 7) is 5.57. The Bertz CT molecular complexity index is 617. The van der Waals surface area contributed by atoms with Crippen molar-refractivity contribution in [3.8, 4) is 0 Å². The third kappa shape index (κ3) is 7.17. The Balaban J connectivity index is 2.63. The van der Waals surface area contributed by atoms with Crippen LogP contribution in [0.4, 0.5) is 0 Å². The molecule has 0 aliphatic carbocycles. The van der Waals surface area contributed by atoms with E-state index in [1.54, 1.807) is 38.4 Å². The zero-order valence-electron chi connectivity index (χ0n) is 15.4. The molecule has 0 aromatic heterocycles. The van der Waals surface area contributed by atoms with Crippen molar-refractivity contribution in [3.05, 3.63) is 29.8 Å². The molecule has 0 bridgehead atoms. The second kappa shape index (κ2) is 10.1. The highest BCUT2D eigenvalue weighted by molar-refractivity contribution is 8.00. The number of carbonyl (C=O) groups is 3. The molecule has 1 atom stereocenters. The summed E-state index contributed by atoms with van der Waals surface area (Å²) >= 11 is 1.27. The van der Waals surface area contributed by atoms with Gasteiger partial charge in [-0.25, -0.2) is 4.79 Å². The molecular formula is C18H26N2O4S. The Morgan fingerprint density at radius 2 is 1.80 bits per heavy atom. The smallest absolute Gasteiger partial charge is 0.339 e. The first kappa shape index (κ1) is 21.0. The molecule has 0 spiro atoms. The van der Waals surface area contributed by atoms with Crippen LogP contribution in [0.5, 0.6) is 0 Å². The van der Waals surface area contributed by atoms with E-state index >= 15 is 0 Å². The van der Waals surface area contributed by atoms with Crippen LogP contribution in [-0.2, 0) is 14.3 Å². The number of esters is 1. The molecule has 0 unspecified atom stereocenters. The maximum absolute atomic E-state index is 12.3. The molecule has 0 fully saturated rings. The number of amides is 2. The van der Waals surface area contributed by atoms with Crippen molar-refractivity contribution in [2.75, 3.05) is 26.5 Å². The average molecular weight is 366 g/mol. The van der Waals surface area contributed by atoms with Gasteiger partial charge in [-0.05, 0) is 25.0 Å². The van der Waals surface area contributed by atoms with Gasteiger partial charge in [0, 0.05) is 25.0 Å². The average Bonchev–Trinajstić information content (AvgIpc) is 2.57. The number of carbonyl (C=O) groups excluding carboxylic acids is 3. The largest absolute Gasteiger partial charge is 0.452 e. The molecule has 1 aromatic carbocycles. The van der Waals surface area contributed by atoms with E-state index in [1.807, 2.05) is 20.8 Å². The van der Waals surface area contributed by atoms with E-state index < -0.39 is 5.97 Å². The number of ether oxygens (including phenoxy) is 1. The minimum absolute atomic E-state index is 0.00564. The highest BCUT2D eigenvalue weighted by Crippen LogP contribution is 2.23. The third-order valence-electron chi connectivity index (χ3n) is 3.68. The molecule has 0 heterocycles. The molecule has 1 N–H and O–H groups in total. The molecular weight excluding hydrogens is 340 g/mol. The van der Waals surface area contributed by atoms with Gasteiger partial charge in [0.1, 0.15) is 0 Å². The molecule has 25 heavy (non-hydrogen) atoms. The number of nitrogens with zero attached hydrogens (tertiary/aromatic N) is 1. The number of nitrogens with one attached hydrogen (secondary N) is 1. The van der Waals surface area contributed by atoms with Crippen LogP contribution in [0.3, 0.4) is 0 Å². The molecule has 0 radical (unpaired) electrons. The fraction of sp³-hybridized carbons (Fsp3) is 0.500. The number of hydrogen-bond acceptors (Lipinski definition) is 5. The van der Waals surface area contributed by atoms with Crippen LogP contribution < -0.4 is 5.32 Å². The summed E-state index contributed by atoms with van der Waals surface area (Å²) in [6, 6.07) is 6.89. The Morgan fingerprint density at radius 3 is 2.40 bits per heavy atom. The van der Waals surface area contributed by atoms with Gasteiger partial charge in [-0.2, -0.15) is 0 Å². The standard InChI is InChI=1S/C18H26N2O4S/c1-12(2)13(3)19-16(21)10-24-18(23)14-8-6-7-9-15(14)25-11-17(22)20(4)5/h6-9,12-13H,10-11H2,1-5H3,(H,19,21)/t13-/m0/s1. The molecule has 2 amide bonds. The Labute approximate surface area is 153 Å². The lowest BCUT2D eigenvalue weighted by Gasteiger charge is -2.17. The Kier molecular flexibility index (Phi) is 8.48. The summed E-state index contributed by atoms with van der Waals surface area (Å²) in [4.78, 5) is 37.9. The zero-order chi connectivity index (χ0) is 19.0. The van der Waals surface area contributed by atoms with Gasteiger partial charge in [0.05, 0.1) is 11.3 Å². The summed E-state index contributed by atoms with van der Waals surface area (Å²) < 4.78 is 5.11. The van der Waals surface area contributed by atoms with Gasteiger partial charge in [0.2, 0.25) is 5.91 Å². The Hall–Kier alpha value is -2.02. The predicted octanol–water partition coefficient (Wildman–Crippen LogP) is 2.18. The topological polar surface area (TPSA) is 75.7 Å². The minimum atomic E-state index is -0.576. The first-order valence-electron chi connectivity index (χ1n) is 8.10. The molecule has 6 nitrogen and oxygen atoms in total. The van der Waals surface area contributed by atoms with Crippen molar-refractivity contribution in [1.29, 1.82) is 0 Å². The van der Waals surface area contributed by atoms with Crippen LogP contribution in [-0.4, -0.2) is 55.2 Å². The fourth-order valence-corrected chi connectivity index (χ4v) is 2.72. The van der Waals surface area contributed by atoms with Gasteiger partial charge < -0.3 is 15.0 Å². The second-order valence-corrected chi connectivity index (χ2v) is 7.27. The number of rotatable bonds is 8. The van der Waals surface area contributed by atoms with Crippen LogP contribution in [0.25, 0.3) is 0 Å². The molecule has 1 aromatic rings. The molecule has 0 aliphatic rings. The monoisotopic (exact) mass is 366 g/mol. The van der Waals surface area contributed by atoms with Crippen molar-refractivity contribution < 1.29 is 19.1 Å². The van der Waals surface area contributed by atoms with Crippen LogP contribution >= 0.6 is 11.8 Å². The molecule has 1 rings (SSSR count). The van der Waals surface area contributed by atoms with E-state index in [2.05, 4.69) is 5.32 Å². The van der Waals surface area contributed by atoms with Gasteiger partial charge in [-0.1, -0.05) is 26.0 Å². The first-order valence-corrected chi connectivity index (χ1v) is 9.09. The number of thioether (sulfide) groups is 1. The van der Waals surface area contributed by atoms with Gasteiger partial charge in [0.15, 0.2) is 6.61 Å². The van der Waals surface area contributed by atoms with Gasteiger partial charge in [-0.15, -0.1) is 11.8 Å². The van der Waals surface area contributed by atoms with Crippen molar-refractivity contribution in [3.63, 3.8) is 0 Å². The third-order valence-corrected chi connectivity index (χ3v) is 4.74. The summed E-state index contributed by atoms with van der Waals surface area (Å²) in [7, 11) is 3.36. The van der Waals surface area contributed by atoms with Crippen molar-refractivity contribution in [2.24, 2.45) is 5.92 Å². The molecule has 138 valence electrons. The lowest BCUT2D eigenvalue weighted by atomic mass is 10.1. The number of hydrogen-bond donors (Lipinski definition) is 1. The summed E-state index contributed by atoms with van der Waals surface area (Å²) in [5, 5.41) is 2.78. The normalized spacial score (nSPS) is 11.8. The molecule has 7 heteroatoms. The highest BCUT2D eigenvalue weighted by Gasteiger charge is 2.17. The van der Waals surface area contributed by atoms with Crippen LogP contribution in [0.15, 0.2) is 29.2 Å². The van der Waals surface area contributed by atoms with E-state index in [-0.39, 0.29) is 30.2 Å².